The van der Waals surface area contributed by atoms with E-state index in [0.29, 0.717) is 18.8 Å². The molecule has 0 radical (unpaired) electrons. The van der Waals surface area contributed by atoms with E-state index < -0.39 is 16.4 Å². The van der Waals surface area contributed by atoms with E-state index in [1.807, 2.05) is 13.0 Å². The van der Waals surface area contributed by atoms with Crippen LogP contribution in [0, 0.1) is 5.92 Å². The van der Waals surface area contributed by atoms with Gasteiger partial charge in [0.15, 0.2) is 0 Å². The first-order valence-corrected chi connectivity index (χ1v) is 12.1. The van der Waals surface area contributed by atoms with Crippen molar-refractivity contribution in [2.24, 2.45) is 16.8 Å². The number of alkyl halides is 2. The number of aromatic nitrogens is 1. The van der Waals surface area contributed by atoms with Crippen molar-refractivity contribution in [2.75, 3.05) is 37.8 Å². The number of hydrogen-bond acceptors (Lipinski definition) is 7. The Labute approximate surface area is 183 Å². The fourth-order valence-corrected chi connectivity index (χ4v) is 4.19. The van der Waals surface area contributed by atoms with Gasteiger partial charge in [0.1, 0.15) is 5.71 Å². The number of rotatable bonds is 9. The average Bonchev–Trinajstić information content (AvgIpc) is 2.72. The van der Waals surface area contributed by atoms with E-state index in [9.17, 15) is 17.2 Å². The molecule has 1 fully saturated rings. The smallest absolute Gasteiger partial charge is 0.278 e. The molecule has 0 spiro atoms. The summed E-state index contributed by atoms with van der Waals surface area (Å²) in [4.78, 5) is 6.67. The van der Waals surface area contributed by atoms with Gasteiger partial charge in [-0.05, 0) is 38.7 Å². The van der Waals surface area contributed by atoms with Crippen LogP contribution in [0.3, 0.4) is 0 Å². The van der Waals surface area contributed by atoms with Gasteiger partial charge in [0.05, 0.1) is 23.3 Å². The van der Waals surface area contributed by atoms with Crippen LogP contribution in [0.25, 0.3) is 5.70 Å². The maximum atomic E-state index is 12.9. The summed E-state index contributed by atoms with van der Waals surface area (Å²) in [7, 11) is -1.63. The molecule has 0 aliphatic carbocycles. The number of anilines is 1. The Morgan fingerprint density at radius 2 is 2.23 bits per heavy atom. The van der Waals surface area contributed by atoms with Gasteiger partial charge in [-0.15, -0.1) is 0 Å². The highest BCUT2D eigenvalue weighted by Gasteiger charge is 2.24. The molecule has 31 heavy (non-hydrogen) atoms. The molecule has 2 rings (SSSR count). The standard InChI is InChI=1S/C20H32F2N6O2S/c1-5-18(27(3)26-14(2)20(21)22)16-9-19(17(10-23)24-12-16)28-8-6-7-15(13-28)11-25-31(4,29)30/h5,9,12,15,20,25H,6-8,10-11,13,23H2,1-4H3/b18-5-,26-14+. The van der Waals surface area contributed by atoms with E-state index in [0.717, 1.165) is 42.6 Å². The Morgan fingerprint density at radius 1 is 1.52 bits per heavy atom. The lowest BCUT2D eigenvalue weighted by atomic mass is 9.97. The maximum Gasteiger partial charge on any atom is 0.278 e. The lowest BCUT2D eigenvalue weighted by molar-refractivity contribution is 0.222. The first-order valence-electron chi connectivity index (χ1n) is 10.2. The predicted octanol–water partition coefficient (Wildman–Crippen LogP) is 2.24. The van der Waals surface area contributed by atoms with Crippen molar-refractivity contribution in [3.63, 3.8) is 0 Å². The second-order valence-corrected chi connectivity index (χ2v) is 9.54. The number of halogens is 2. The van der Waals surface area contributed by atoms with Crippen LogP contribution < -0.4 is 15.4 Å². The second kappa shape index (κ2) is 11.0. The fourth-order valence-electron chi connectivity index (χ4n) is 3.65. The third kappa shape index (κ3) is 7.22. The van der Waals surface area contributed by atoms with Crippen molar-refractivity contribution < 1.29 is 17.2 Å². The molecular weight excluding hydrogens is 426 g/mol. The Bertz CT molecular complexity index is 920. The first kappa shape index (κ1) is 25.2. The molecule has 1 aromatic rings. The molecule has 8 nitrogen and oxygen atoms in total. The number of hydrogen-bond donors (Lipinski definition) is 2. The third-order valence-corrected chi connectivity index (χ3v) is 5.87. The highest BCUT2D eigenvalue weighted by Crippen LogP contribution is 2.29. The van der Waals surface area contributed by atoms with Crippen molar-refractivity contribution in [3.8, 4) is 0 Å². The zero-order valence-electron chi connectivity index (χ0n) is 18.5. The van der Waals surface area contributed by atoms with Crippen molar-refractivity contribution in [3.05, 3.63) is 29.6 Å². The van der Waals surface area contributed by atoms with Crippen molar-refractivity contribution in [1.82, 2.24) is 14.7 Å². The van der Waals surface area contributed by atoms with Gasteiger partial charge in [0.2, 0.25) is 10.0 Å². The minimum atomic E-state index is -3.25. The summed E-state index contributed by atoms with van der Waals surface area (Å²) in [5.74, 6) is 0.167. The van der Waals surface area contributed by atoms with E-state index in [1.165, 1.54) is 11.9 Å². The molecule has 1 aliphatic rings. The molecule has 1 aliphatic heterocycles. The molecule has 174 valence electrons. The number of piperidine rings is 1. The summed E-state index contributed by atoms with van der Waals surface area (Å²) < 4.78 is 51.2. The Hall–Kier alpha value is -2.11. The molecule has 0 amide bonds. The van der Waals surface area contributed by atoms with E-state index in [4.69, 9.17) is 5.73 Å². The molecular formula is C20H32F2N6O2S. The second-order valence-electron chi connectivity index (χ2n) is 7.71. The number of allylic oxidation sites excluding steroid dienone is 1. The van der Waals surface area contributed by atoms with E-state index in [2.05, 4.69) is 19.7 Å². The number of nitrogens with two attached hydrogens (primary N) is 1. The van der Waals surface area contributed by atoms with Gasteiger partial charge in [-0.1, -0.05) is 6.08 Å². The molecule has 1 unspecified atom stereocenters. The zero-order chi connectivity index (χ0) is 23.2. The van der Waals surface area contributed by atoms with Gasteiger partial charge in [-0.2, -0.15) is 5.10 Å². The topological polar surface area (TPSA) is 104 Å². The molecule has 1 aromatic heterocycles. The van der Waals surface area contributed by atoms with Crippen LogP contribution >= 0.6 is 0 Å². The Morgan fingerprint density at radius 3 is 2.81 bits per heavy atom. The predicted molar refractivity (Wildman–Crippen MR) is 120 cm³/mol. The maximum absolute atomic E-state index is 12.9. The van der Waals surface area contributed by atoms with Gasteiger partial charge < -0.3 is 10.6 Å². The van der Waals surface area contributed by atoms with Gasteiger partial charge >= 0.3 is 0 Å². The van der Waals surface area contributed by atoms with Crippen LogP contribution in [0.4, 0.5) is 14.5 Å². The quantitative estimate of drug-likeness (QED) is 0.435. The minimum Gasteiger partial charge on any atom is -0.370 e. The van der Waals surface area contributed by atoms with Crippen LogP contribution in [0.2, 0.25) is 0 Å². The first-order chi connectivity index (χ1) is 14.6. The van der Waals surface area contributed by atoms with Gasteiger partial charge in [0.25, 0.3) is 6.43 Å². The Balaban J connectivity index is 2.30. The highest BCUT2D eigenvalue weighted by atomic mass is 32.2. The van der Waals surface area contributed by atoms with Crippen LogP contribution in [0.1, 0.15) is 37.9 Å². The van der Waals surface area contributed by atoms with Gasteiger partial charge in [-0.3, -0.25) is 9.99 Å². The molecule has 1 saturated heterocycles. The van der Waals surface area contributed by atoms with Crippen LogP contribution in [0.15, 0.2) is 23.4 Å². The Kier molecular flexibility index (Phi) is 8.90. The number of nitrogens with one attached hydrogen (secondary N) is 1. The molecule has 0 aromatic carbocycles. The SMILES string of the molecule is C/C=C(/c1cnc(CN)c(N2CCCC(CNS(C)(=O)=O)C2)c1)N(C)/N=C(\C)C(F)F. The lowest BCUT2D eigenvalue weighted by Crippen LogP contribution is -2.41. The van der Waals surface area contributed by atoms with Crippen LogP contribution in [-0.2, 0) is 16.6 Å². The largest absolute Gasteiger partial charge is 0.370 e. The van der Waals surface area contributed by atoms with Crippen molar-refractivity contribution in [1.29, 1.82) is 0 Å². The summed E-state index contributed by atoms with van der Waals surface area (Å²) in [6.45, 7) is 5.20. The fraction of sp³-hybridized carbons (Fsp3) is 0.600. The number of nitrogens with zero attached hydrogens (tertiary/aromatic N) is 4. The van der Waals surface area contributed by atoms with Gasteiger partial charge in [-0.25, -0.2) is 21.9 Å². The zero-order valence-corrected chi connectivity index (χ0v) is 19.3. The summed E-state index contributed by atoms with van der Waals surface area (Å²) >= 11 is 0. The number of hydrazone groups is 1. The average molecular weight is 459 g/mol. The molecule has 0 bridgehead atoms. The molecule has 2 heterocycles. The molecule has 1 atom stereocenters. The molecule has 11 heteroatoms. The normalized spacial score (nSPS) is 18.6. The van der Waals surface area contributed by atoms with E-state index >= 15 is 0 Å². The van der Waals surface area contributed by atoms with Crippen LogP contribution in [-0.4, -0.2) is 63.5 Å². The van der Waals surface area contributed by atoms with Crippen LogP contribution in [0.5, 0.6) is 0 Å². The minimum absolute atomic E-state index is 0.167. The summed E-state index contributed by atoms with van der Waals surface area (Å²) in [6.07, 6.45) is 3.82. The summed E-state index contributed by atoms with van der Waals surface area (Å²) in [5.41, 5.74) is 8.62. The summed E-state index contributed by atoms with van der Waals surface area (Å²) in [5, 5.41) is 5.38. The molecule has 0 saturated carbocycles. The van der Waals surface area contributed by atoms with Crippen molar-refractivity contribution >= 4 is 27.1 Å². The molecule has 3 N–H and O–H groups in total. The number of sulfonamides is 1. The monoisotopic (exact) mass is 458 g/mol. The van der Waals surface area contributed by atoms with Gasteiger partial charge in [0, 0.05) is 45.0 Å². The van der Waals surface area contributed by atoms with E-state index in [-0.39, 0.29) is 18.2 Å². The summed E-state index contributed by atoms with van der Waals surface area (Å²) in [6, 6.07) is 1.95. The number of pyridine rings is 1. The van der Waals surface area contributed by atoms with E-state index in [1.54, 1.807) is 19.3 Å². The lowest BCUT2D eigenvalue weighted by Gasteiger charge is -2.35. The highest BCUT2D eigenvalue weighted by molar-refractivity contribution is 7.88. The third-order valence-electron chi connectivity index (χ3n) is 5.18. The van der Waals surface area contributed by atoms with Crippen molar-refractivity contribution in [2.45, 2.75) is 39.7 Å².